The van der Waals surface area contributed by atoms with E-state index in [1.54, 1.807) is 0 Å². The molecule has 3 rings (SSSR count). The number of nitrogens with zero attached hydrogens (tertiary/aromatic N) is 2. The summed E-state index contributed by atoms with van der Waals surface area (Å²) < 4.78 is 9.69. The van der Waals surface area contributed by atoms with Crippen LogP contribution in [0.1, 0.15) is 19.4 Å². The Morgan fingerprint density at radius 1 is 1.03 bits per heavy atom. The molecule has 2 aromatic carbocycles. The van der Waals surface area contributed by atoms with E-state index in [1.807, 2.05) is 54.0 Å². The average molecular weight is 398 g/mol. The van der Waals surface area contributed by atoms with Gasteiger partial charge in [0, 0.05) is 0 Å². The van der Waals surface area contributed by atoms with E-state index in [2.05, 4.69) is 24.5 Å². The van der Waals surface area contributed by atoms with Gasteiger partial charge in [0.1, 0.15) is 18.5 Å². The first-order valence-electron chi connectivity index (χ1n) is 10.5. The number of imidazole rings is 1. The second-order valence-electron chi connectivity index (χ2n) is 7.56. The van der Waals surface area contributed by atoms with Crippen LogP contribution >= 0.6 is 0 Å². The van der Waals surface area contributed by atoms with E-state index < -0.39 is 6.10 Å². The Balaban J connectivity index is 1.76. The molecule has 0 bridgehead atoms. The molecule has 1 aromatic heterocycles. The SMILES string of the molecule is CC[NH+](CC)CCn1c(=N)n(C[C@@H](O)COc2cccc(C)c2)c2ccccc21. The zero-order valence-electron chi connectivity index (χ0n) is 17.7. The summed E-state index contributed by atoms with van der Waals surface area (Å²) >= 11 is 0. The van der Waals surface area contributed by atoms with E-state index >= 15 is 0 Å². The van der Waals surface area contributed by atoms with Crippen LogP contribution in [0.3, 0.4) is 0 Å². The zero-order valence-corrected chi connectivity index (χ0v) is 17.7. The smallest absolute Gasteiger partial charge is 0.203 e. The number of rotatable bonds is 10. The molecule has 0 aliphatic heterocycles. The van der Waals surface area contributed by atoms with Gasteiger partial charge in [0.05, 0.1) is 43.8 Å². The molecule has 0 unspecified atom stereocenters. The quantitative estimate of drug-likeness (QED) is 0.486. The van der Waals surface area contributed by atoms with Crippen LogP contribution in [-0.2, 0) is 13.1 Å². The Kier molecular flexibility index (Phi) is 7.12. The summed E-state index contributed by atoms with van der Waals surface area (Å²) in [5.41, 5.74) is 3.56. The topological polar surface area (TPSA) is 67.6 Å². The minimum absolute atomic E-state index is 0.193. The summed E-state index contributed by atoms with van der Waals surface area (Å²) in [7, 11) is 0. The van der Waals surface area contributed by atoms with Crippen molar-refractivity contribution >= 4 is 11.0 Å². The Hall–Kier alpha value is -2.57. The van der Waals surface area contributed by atoms with Gasteiger partial charge in [-0.25, -0.2) is 0 Å². The van der Waals surface area contributed by atoms with Gasteiger partial charge in [-0.1, -0.05) is 24.3 Å². The van der Waals surface area contributed by atoms with E-state index in [0.29, 0.717) is 12.2 Å². The first-order chi connectivity index (χ1) is 14.0. The average Bonchev–Trinajstić information content (AvgIpc) is 2.99. The van der Waals surface area contributed by atoms with Crippen LogP contribution in [-0.4, -0.2) is 46.6 Å². The van der Waals surface area contributed by atoms with Crippen LogP contribution in [0.5, 0.6) is 5.75 Å². The minimum Gasteiger partial charge on any atom is -0.491 e. The number of para-hydroxylation sites is 2. The number of ether oxygens (including phenoxy) is 1. The van der Waals surface area contributed by atoms with Crippen molar-refractivity contribution in [3.05, 3.63) is 59.7 Å². The standard InChI is InChI=1S/C23H32N4O2/c1-4-25(5-2)13-14-26-21-11-6-7-12-22(21)27(23(26)24)16-19(28)17-29-20-10-8-9-18(3)15-20/h6-12,15,19,24,28H,4-5,13-14,16-17H2,1-3H3/p+1/t19-/m1/s1. The lowest BCUT2D eigenvalue weighted by molar-refractivity contribution is -0.897. The lowest BCUT2D eigenvalue weighted by Crippen LogP contribution is -3.11. The first kappa shape index (κ1) is 21.1. The van der Waals surface area contributed by atoms with Gasteiger partial charge < -0.3 is 23.9 Å². The van der Waals surface area contributed by atoms with Gasteiger partial charge in [0.2, 0.25) is 5.62 Å². The third-order valence-electron chi connectivity index (χ3n) is 5.49. The van der Waals surface area contributed by atoms with Crippen molar-refractivity contribution in [2.75, 3.05) is 26.2 Å². The highest BCUT2D eigenvalue weighted by atomic mass is 16.5. The van der Waals surface area contributed by atoms with E-state index in [0.717, 1.165) is 48.5 Å². The van der Waals surface area contributed by atoms with E-state index in [1.165, 1.54) is 4.90 Å². The van der Waals surface area contributed by atoms with Crippen molar-refractivity contribution in [1.82, 2.24) is 9.13 Å². The third kappa shape index (κ3) is 5.08. The summed E-state index contributed by atoms with van der Waals surface area (Å²) in [4.78, 5) is 1.51. The zero-order chi connectivity index (χ0) is 20.8. The lowest BCUT2D eigenvalue weighted by Gasteiger charge is -2.16. The molecule has 0 fully saturated rings. The second kappa shape index (κ2) is 9.76. The number of hydrogen-bond donors (Lipinski definition) is 3. The predicted molar refractivity (Wildman–Crippen MR) is 115 cm³/mol. The molecule has 0 aliphatic carbocycles. The fraction of sp³-hybridized carbons (Fsp3) is 0.435. The predicted octanol–water partition coefficient (Wildman–Crippen LogP) is 1.60. The lowest BCUT2D eigenvalue weighted by atomic mass is 10.2. The molecule has 6 nitrogen and oxygen atoms in total. The maximum absolute atomic E-state index is 10.6. The number of aliphatic hydroxyl groups is 1. The van der Waals surface area contributed by atoms with Crippen molar-refractivity contribution in [2.45, 2.75) is 40.0 Å². The Bertz CT molecular complexity index is 988. The molecular weight excluding hydrogens is 364 g/mol. The second-order valence-corrected chi connectivity index (χ2v) is 7.56. The maximum atomic E-state index is 10.6. The molecule has 0 aliphatic rings. The van der Waals surface area contributed by atoms with Gasteiger partial charge in [-0.3, -0.25) is 5.41 Å². The summed E-state index contributed by atoms with van der Waals surface area (Å²) in [6.45, 7) is 10.9. The van der Waals surface area contributed by atoms with Gasteiger partial charge in [-0.05, 0) is 50.6 Å². The molecule has 0 saturated carbocycles. The Morgan fingerprint density at radius 3 is 2.38 bits per heavy atom. The number of aryl methyl sites for hydroxylation is 1. The van der Waals surface area contributed by atoms with Crippen LogP contribution in [0.4, 0.5) is 0 Å². The molecule has 156 valence electrons. The van der Waals surface area contributed by atoms with E-state index in [9.17, 15) is 5.11 Å². The third-order valence-corrected chi connectivity index (χ3v) is 5.49. The van der Waals surface area contributed by atoms with Crippen molar-refractivity contribution in [2.24, 2.45) is 0 Å². The number of nitrogens with one attached hydrogen (secondary N) is 2. The molecule has 0 amide bonds. The van der Waals surface area contributed by atoms with Crippen molar-refractivity contribution < 1.29 is 14.7 Å². The summed E-state index contributed by atoms with van der Waals surface area (Å²) in [6.07, 6.45) is -0.697. The Labute approximate surface area is 172 Å². The van der Waals surface area contributed by atoms with Crippen molar-refractivity contribution in [3.8, 4) is 5.75 Å². The Morgan fingerprint density at radius 2 is 1.72 bits per heavy atom. The summed E-state index contributed by atoms with van der Waals surface area (Å²) in [5.74, 6) is 0.754. The highest BCUT2D eigenvalue weighted by Crippen LogP contribution is 2.15. The van der Waals surface area contributed by atoms with Gasteiger partial charge in [0.25, 0.3) is 0 Å². The molecule has 29 heavy (non-hydrogen) atoms. The summed E-state index contributed by atoms with van der Waals surface area (Å²) in [5, 5.41) is 19.3. The number of aliphatic hydroxyl groups excluding tert-OH is 1. The molecule has 6 heteroatoms. The molecule has 1 heterocycles. The summed E-state index contributed by atoms with van der Waals surface area (Å²) in [6, 6.07) is 15.9. The van der Waals surface area contributed by atoms with Gasteiger partial charge in [0.15, 0.2) is 0 Å². The van der Waals surface area contributed by atoms with Crippen molar-refractivity contribution in [1.29, 1.82) is 5.41 Å². The molecule has 0 saturated heterocycles. The molecule has 3 aromatic rings. The number of likely N-dealkylation sites (N-methyl/N-ethyl adjacent to an activating group) is 1. The highest BCUT2D eigenvalue weighted by molar-refractivity contribution is 5.75. The van der Waals surface area contributed by atoms with Gasteiger partial charge >= 0.3 is 0 Å². The van der Waals surface area contributed by atoms with Crippen LogP contribution in [0.15, 0.2) is 48.5 Å². The number of benzene rings is 2. The van der Waals surface area contributed by atoms with Gasteiger partial charge in [-0.2, -0.15) is 0 Å². The molecule has 3 N–H and O–H groups in total. The largest absolute Gasteiger partial charge is 0.491 e. The van der Waals surface area contributed by atoms with Crippen LogP contribution in [0.25, 0.3) is 11.0 Å². The first-order valence-corrected chi connectivity index (χ1v) is 10.5. The van der Waals surface area contributed by atoms with Crippen LogP contribution in [0.2, 0.25) is 0 Å². The number of quaternary nitrogens is 1. The molecular formula is C23H33N4O2+. The normalized spacial score (nSPS) is 12.6. The minimum atomic E-state index is -0.697. The molecule has 0 radical (unpaired) electrons. The number of hydrogen-bond acceptors (Lipinski definition) is 3. The van der Waals surface area contributed by atoms with Crippen LogP contribution in [0, 0.1) is 12.3 Å². The van der Waals surface area contributed by atoms with Gasteiger partial charge in [-0.15, -0.1) is 0 Å². The van der Waals surface area contributed by atoms with Crippen LogP contribution < -0.4 is 15.3 Å². The molecule has 1 atom stereocenters. The number of aromatic nitrogens is 2. The maximum Gasteiger partial charge on any atom is 0.203 e. The van der Waals surface area contributed by atoms with E-state index in [4.69, 9.17) is 10.1 Å². The fourth-order valence-corrected chi connectivity index (χ4v) is 3.74. The monoisotopic (exact) mass is 397 g/mol. The van der Waals surface area contributed by atoms with E-state index in [-0.39, 0.29) is 6.61 Å². The van der Waals surface area contributed by atoms with Crippen molar-refractivity contribution in [3.63, 3.8) is 0 Å². The molecule has 0 spiro atoms. The number of fused-ring (bicyclic) bond motifs is 1. The highest BCUT2D eigenvalue weighted by Gasteiger charge is 2.15. The fourth-order valence-electron chi connectivity index (χ4n) is 3.74.